The van der Waals surface area contributed by atoms with Gasteiger partial charge in [0.15, 0.2) is 17.2 Å². The highest BCUT2D eigenvalue weighted by Gasteiger charge is 2.44. The van der Waals surface area contributed by atoms with E-state index < -0.39 is 22.6 Å². The van der Waals surface area contributed by atoms with Crippen LogP contribution in [0.15, 0.2) is 64.4 Å². The molecule has 158 valence electrons. The average Bonchev–Trinajstić information content (AvgIpc) is 2.91. The maximum absolute atomic E-state index is 15.3. The van der Waals surface area contributed by atoms with E-state index in [1.54, 1.807) is 31.7 Å². The van der Waals surface area contributed by atoms with E-state index in [4.69, 9.17) is 0 Å². The zero-order chi connectivity index (χ0) is 21.9. The lowest BCUT2D eigenvalue weighted by atomic mass is 9.82. The van der Waals surface area contributed by atoms with Gasteiger partial charge in [-0.2, -0.15) is 0 Å². The van der Waals surface area contributed by atoms with Crippen LogP contribution in [-0.4, -0.2) is 22.1 Å². The van der Waals surface area contributed by atoms with Gasteiger partial charge in [-0.25, -0.2) is 4.39 Å². The molecule has 1 aromatic heterocycles. The van der Waals surface area contributed by atoms with E-state index in [0.29, 0.717) is 17.9 Å². The van der Waals surface area contributed by atoms with E-state index in [1.807, 2.05) is 35.3 Å². The molecule has 0 bridgehead atoms. The molecule has 1 unspecified atom stereocenters. The van der Waals surface area contributed by atoms with Gasteiger partial charge in [0.25, 0.3) is 0 Å². The largest absolute Gasteiger partial charge is 0.503 e. The number of ketones is 1. The Hall–Kier alpha value is -3.06. The van der Waals surface area contributed by atoms with Crippen molar-refractivity contribution in [2.45, 2.75) is 30.5 Å². The summed E-state index contributed by atoms with van der Waals surface area (Å²) in [6, 6.07) is 13.7. The fraction of sp³-hybridized carbons (Fsp3) is 0.250. The molecule has 0 radical (unpaired) electrons. The maximum Gasteiger partial charge on any atom is 0.224 e. The summed E-state index contributed by atoms with van der Waals surface area (Å²) in [6.07, 6.45) is 1.49. The van der Waals surface area contributed by atoms with Crippen molar-refractivity contribution in [2.75, 3.05) is 11.6 Å². The molecule has 3 heterocycles. The van der Waals surface area contributed by atoms with Crippen molar-refractivity contribution in [2.24, 2.45) is 5.41 Å². The second-order valence-corrected chi connectivity index (χ2v) is 9.59. The summed E-state index contributed by atoms with van der Waals surface area (Å²) in [5.74, 6) is -0.519. The van der Waals surface area contributed by atoms with Crippen molar-refractivity contribution in [3.63, 3.8) is 0 Å². The molecule has 31 heavy (non-hydrogen) atoms. The number of nitrogens with zero attached hydrogens (tertiary/aromatic N) is 2. The topological polar surface area (TPSA) is 62.5 Å². The lowest BCUT2D eigenvalue weighted by Gasteiger charge is -2.45. The van der Waals surface area contributed by atoms with Gasteiger partial charge >= 0.3 is 0 Å². The third-order valence-electron chi connectivity index (χ3n) is 6.03. The molecule has 0 fully saturated rings. The highest BCUT2D eigenvalue weighted by Crippen LogP contribution is 2.45. The predicted octanol–water partition coefficient (Wildman–Crippen LogP) is 4.25. The van der Waals surface area contributed by atoms with E-state index in [9.17, 15) is 14.7 Å². The van der Waals surface area contributed by atoms with Crippen LogP contribution in [0.2, 0.25) is 0 Å². The van der Waals surface area contributed by atoms with Gasteiger partial charge in [0.2, 0.25) is 5.43 Å². The Labute approximate surface area is 183 Å². The highest BCUT2D eigenvalue weighted by atomic mass is 32.2. The molecule has 3 aromatic rings. The molecule has 0 saturated heterocycles. The third-order valence-corrected chi connectivity index (χ3v) is 7.16. The molecular weight excluding hydrogens is 415 g/mol. The molecule has 2 aliphatic rings. The first kappa shape index (κ1) is 19.9. The summed E-state index contributed by atoms with van der Waals surface area (Å²) >= 11 is 1.58. The number of benzene rings is 2. The summed E-state index contributed by atoms with van der Waals surface area (Å²) < 4.78 is 16.8. The SMILES string of the molecule is CC1(C)CN(C2c3ccccc3CSc3cccc(F)c32)n2ccc(=O)c(O)c2C1=O. The number of carbonyl (C=O) groups excluding carboxylic acids is 1. The number of hydrogen-bond donors (Lipinski definition) is 1. The number of Topliss-reactive ketones (excluding diaryl/α,β-unsaturated/α-hetero) is 1. The van der Waals surface area contributed by atoms with E-state index in [1.165, 1.54) is 23.0 Å². The Morgan fingerprint density at radius 1 is 1.10 bits per heavy atom. The summed E-state index contributed by atoms with van der Waals surface area (Å²) in [7, 11) is 0. The molecule has 0 saturated carbocycles. The van der Waals surface area contributed by atoms with Gasteiger partial charge in [-0.1, -0.05) is 44.2 Å². The third kappa shape index (κ3) is 2.98. The van der Waals surface area contributed by atoms with Crippen molar-refractivity contribution in [3.8, 4) is 5.75 Å². The normalized spacial score (nSPS) is 19.3. The van der Waals surface area contributed by atoms with Gasteiger partial charge in [0, 0.05) is 40.4 Å². The zero-order valence-electron chi connectivity index (χ0n) is 17.1. The van der Waals surface area contributed by atoms with Gasteiger partial charge < -0.3 is 5.11 Å². The minimum Gasteiger partial charge on any atom is -0.503 e. The minimum absolute atomic E-state index is 0.0592. The van der Waals surface area contributed by atoms with Crippen molar-refractivity contribution in [1.82, 2.24) is 4.68 Å². The van der Waals surface area contributed by atoms with E-state index >= 15 is 4.39 Å². The molecule has 1 atom stereocenters. The van der Waals surface area contributed by atoms with Crippen LogP contribution in [0.25, 0.3) is 0 Å². The second-order valence-electron chi connectivity index (χ2n) is 8.57. The van der Waals surface area contributed by atoms with Crippen molar-refractivity contribution in [3.05, 3.63) is 93.2 Å². The van der Waals surface area contributed by atoms with Crippen LogP contribution in [0.4, 0.5) is 4.39 Å². The summed E-state index contributed by atoms with van der Waals surface area (Å²) in [6.45, 7) is 3.85. The summed E-state index contributed by atoms with van der Waals surface area (Å²) in [5, 5.41) is 12.4. The first-order chi connectivity index (χ1) is 14.8. The fourth-order valence-corrected chi connectivity index (χ4v) is 5.61. The number of rotatable bonds is 1. The first-order valence-electron chi connectivity index (χ1n) is 10.0. The maximum atomic E-state index is 15.3. The van der Waals surface area contributed by atoms with Gasteiger partial charge in [-0.05, 0) is 23.3 Å². The monoisotopic (exact) mass is 436 g/mol. The highest BCUT2D eigenvalue weighted by molar-refractivity contribution is 7.98. The minimum atomic E-state index is -0.884. The number of carbonyl (C=O) groups is 1. The van der Waals surface area contributed by atoms with Crippen LogP contribution < -0.4 is 10.4 Å². The number of aromatic nitrogens is 1. The van der Waals surface area contributed by atoms with E-state index in [-0.39, 0.29) is 17.3 Å². The first-order valence-corrected chi connectivity index (χ1v) is 11.0. The molecule has 1 N–H and O–H groups in total. The molecule has 0 amide bonds. The standard InChI is InChI=1S/C24H21FN2O3S/c1-24(2)13-27(26-11-10-17(28)22(29)21(26)23(24)30)20-15-7-4-3-6-14(15)12-31-18-9-5-8-16(25)19(18)20/h3-11,20,29H,12-13H2,1-2H3. The molecule has 5 rings (SSSR count). The number of aromatic hydroxyl groups is 1. The number of hydrogen-bond acceptors (Lipinski definition) is 5. The van der Waals surface area contributed by atoms with Crippen LogP contribution in [-0.2, 0) is 5.75 Å². The van der Waals surface area contributed by atoms with Gasteiger partial charge in [0.1, 0.15) is 5.82 Å². The molecule has 0 aliphatic carbocycles. The van der Waals surface area contributed by atoms with Crippen molar-refractivity contribution in [1.29, 1.82) is 0 Å². The van der Waals surface area contributed by atoms with E-state index in [0.717, 1.165) is 16.0 Å². The van der Waals surface area contributed by atoms with Gasteiger partial charge in [-0.15, -0.1) is 11.8 Å². The number of halogens is 1. The average molecular weight is 437 g/mol. The lowest BCUT2D eigenvalue weighted by Crippen LogP contribution is -2.54. The van der Waals surface area contributed by atoms with Crippen molar-refractivity contribution >= 4 is 17.5 Å². The Balaban J connectivity index is 1.84. The number of pyridine rings is 1. The van der Waals surface area contributed by atoms with Gasteiger partial charge in [0.05, 0.1) is 6.04 Å². The molecule has 2 aromatic carbocycles. The zero-order valence-corrected chi connectivity index (χ0v) is 17.9. The van der Waals surface area contributed by atoms with Crippen LogP contribution in [0, 0.1) is 11.2 Å². The van der Waals surface area contributed by atoms with Crippen LogP contribution in [0.1, 0.15) is 47.1 Å². The summed E-state index contributed by atoms with van der Waals surface area (Å²) in [5.41, 5.74) is 0.997. The van der Waals surface area contributed by atoms with Gasteiger partial charge in [-0.3, -0.25) is 19.3 Å². The Kier molecular flexibility index (Phi) is 4.48. The quantitative estimate of drug-likeness (QED) is 0.618. The smallest absolute Gasteiger partial charge is 0.224 e. The molecule has 0 spiro atoms. The lowest BCUT2D eigenvalue weighted by molar-refractivity contribution is 0.0786. The Bertz CT molecular complexity index is 1280. The fourth-order valence-electron chi connectivity index (χ4n) is 4.49. The van der Waals surface area contributed by atoms with Crippen LogP contribution >= 0.6 is 11.8 Å². The summed E-state index contributed by atoms with van der Waals surface area (Å²) in [4.78, 5) is 26.1. The van der Waals surface area contributed by atoms with Crippen LogP contribution in [0.5, 0.6) is 5.75 Å². The Morgan fingerprint density at radius 3 is 2.68 bits per heavy atom. The van der Waals surface area contributed by atoms with E-state index in [2.05, 4.69) is 0 Å². The van der Waals surface area contributed by atoms with Crippen molar-refractivity contribution < 1.29 is 14.3 Å². The predicted molar refractivity (Wildman–Crippen MR) is 118 cm³/mol. The second kappa shape index (κ2) is 6.99. The number of fused-ring (bicyclic) bond motifs is 3. The molecular formula is C24H21FN2O3S. The molecule has 7 heteroatoms. The molecule has 2 aliphatic heterocycles. The number of thioether (sulfide) groups is 1. The Morgan fingerprint density at radius 2 is 1.87 bits per heavy atom. The molecule has 5 nitrogen and oxygen atoms in total. The van der Waals surface area contributed by atoms with Crippen LogP contribution in [0.3, 0.4) is 0 Å².